The highest BCUT2D eigenvalue weighted by atomic mass is 127. The Hall–Kier alpha value is -0.920. The van der Waals surface area contributed by atoms with E-state index < -0.39 is 0 Å². The van der Waals surface area contributed by atoms with Crippen LogP contribution in [0.1, 0.15) is 19.3 Å². The molecule has 0 bridgehead atoms. The van der Waals surface area contributed by atoms with Gasteiger partial charge in [-0.2, -0.15) is 5.10 Å². The Bertz CT molecular complexity index is 355. The number of nitrogens with zero attached hydrogens (tertiary/aromatic N) is 2. The van der Waals surface area contributed by atoms with Crippen LogP contribution in [-0.4, -0.2) is 29.2 Å². The maximum Gasteiger partial charge on any atom is 0.0970 e. The van der Waals surface area contributed by atoms with Gasteiger partial charge in [-0.3, -0.25) is 10.4 Å². The largest absolute Gasteiger partial charge is 0.394 e. The van der Waals surface area contributed by atoms with Gasteiger partial charge in [-0.15, -0.1) is 0 Å². The van der Waals surface area contributed by atoms with E-state index in [1.165, 1.54) is 12.8 Å². The minimum atomic E-state index is 0.480. The minimum absolute atomic E-state index is 0.480. The normalized spacial score (nSPS) is 17.5. The summed E-state index contributed by atoms with van der Waals surface area (Å²) in [5.74, 6) is 6.09. The number of aliphatic imine (C=N–C) groups is 1. The summed E-state index contributed by atoms with van der Waals surface area (Å²) in [6.45, 7) is 0.867. The fraction of sp³-hybridized carbons (Fsp3) is 0.545. The predicted molar refractivity (Wildman–Crippen MR) is 81.2 cm³/mol. The first-order valence-corrected chi connectivity index (χ1v) is 6.62. The molecule has 1 saturated carbocycles. The Kier molecular flexibility index (Phi) is 6.17. The molecule has 0 aliphatic heterocycles. The van der Waals surface area contributed by atoms with Crippen molar-refractivity contribution in [2.24, 2.45) is 21.9 Å². The van der Waals surface area contributed by atoms with E-state index in [9.17, 15) is 0 Å². The summed E-state index contributed by atoms with van der Waals surface area (Å²) in [5, 5.41) is 14.2. The Morgan fingerprint density at radius 1 is 1.59 bits per heavy atom. The summed E-state index contributed by atoms with van der Waals surface area (Å²) >= 11 is 1.97. The molecule has 0 saturated heterocycles. The molecule has 6 heteroatoms. The average Bonchev–Trinajstić information content (AvgIpc) is 3.10. The fourth-order valence-corrected chi connectivity index (χ4v) is 1.64. The van der Waals surface area contributed by atoms with E-state index in [0.717, 1.165) is 18.0 Å². The summed E-state index contributed by atoms with van der Waals surface area (Å²) in [6.07, 6.45) is 6.62. The molecule has 0 unspecified atom stereocenters. The highest BCUT2D eigenvalue weighted by molar-refractivity contribution is 14.1. The van der Waals surface area contributed by atoms with Crippen LogP contribution in [-0.2, 0) is 0 Å². The molecule has 0 aromatic carbocycles. The molecule has 4 N–H and O–H groups in total. The van der Waals surface area contributed by atoms with Crippen molar-refractivity contribution in [1.29, 1.82) is 5.41 Å². The number of halogens is 1. The van der Waals surface area contributed by atoms with E-state index >= 15 is 0 Å². The molecule has 1 aliphatic rings. The molecule has 5 nitrogen and oxygen atoms in total. The molecule has 1 fully saturated rings. The van der Waals surface area contributed by atoms with E-state index in [1.807, 2.05) is 22.6 Å². The van der Waals surface area contributed by atoms with Crippen molar-refractivity contribution in [3.63, 3.8) is 0 Å². The Morgan fingerprint density at radius 2 is 2.29 bits per heavy atom. The van der Waals surface area contributed by atoms with Gasteiger partial charge in [-0.25, -0.2) is 0 Å². The van der Waals surface area contributed by atoms with E-state index in [0.29, 0.717) is 15.9 Å². The molecule has 0 spiro atoms. The fourth-order valence-electron chi connectivity index (χ4n) is 1.29. The van der Waals surface area contributed by atoms with Crippen molar-refractivity contribution >= 4 is 38.2 Å². The number of hydrazone groups is 1. The molecule has 0 aromatic heterocycles. The first-order valence-electron chi connectivity index (χ1n) is 5.54. The lowest BCUT2D eigenvalue weighted by Gasteiger charge is -2.04. The molecular weight excluding hydrogens is 329 g/mol. The van der Waals surface area contributed by atoms with Gasteiger partial charge in [0.15, 0.2) is 0 Å². The number of allylic oxidation sites excluding steroid dienone is 1. The third-order valence-corrected chi connectivity index (χ3v) is 3.13. The molecule has 1 aliphatic carbocycles. The van der Waals surface area contributed by atoms with Crippen LogP contribution in [0.5, 0.6) is 0 Å². The molecule has 0 radical (unpaired) electrons. The molecule has 0 heterocycles. The van der Waals surface area contributed by atoms with Gasteiger partial charge >= 0.3 is 0 Å². The third-order valence-electron chi connectivity index (χ3n) is 2.44. The number of rotatable bonds is 7. The van der Waals surface area contributed by atoms with E-state index in [4.69, 9.17) is 11.3 Å². The summed E-state index contributed by atoms with van der Waals surface area (Å²) in [5.41, 5.74) is 1.56. The lowest BCUT2D eigenvalue weighted by Crippen LogP contribution is -2.10. The van der Waals surface area contributed by atoms with Gasteiger partial charge in [0.05, 0.1) is 9.43 Å². The molecule has 0 aromatic rings. The lowest BCUT2D eigenvalue weighted by atomic mass is 10.1. The van der Waals surface area contributed by atoms with Gasteiger partial charge in [0.2, 0.25) is 0 Å². The number of nitrogens with one attached hydrogen (secondary N) is 2. The minimum Gasteiger partial charge on any atom is -0.394 e. The van der Waals surface area contributed by atoms with E-state index in [-0.39, 0.29) is 0 Å². The third kappa shape index (κ3) is 5.81. The van der Waals surface area contributed by atoms with Crippen molar-refractivity contribution in [2.75, 3.05) is 13.6 Å². The number of nitrogens with two attached hydrogens (primary N) is 1. The zero-order chi connectivity index (χ0) is 12.7. The number of hydrogen-bond acceptors (Lipinski definition) is 5. The highest BCUT2D eigenvalue weighted by Gasteiger charge is 2.19. The summed E-state index contributed by atoms with van der Waals surface area (Å²) in [4.78, 5) is 4.32. The van der Waals surface area contributed by atoms with Crippen molar-refractivity contribution in [1.82, 2.24) is 5.32 Å². The second-order valence-electron chi connectivity index (χ2n) is 4.01. The second kappa shape index (κ2) is 7.41. The van der Waals surface area contributed by atoms with Gasteiger partial charge in [0.1, 0.15) is 0 Å². The molecule has 17 heavy (non-hydrogen) atoms. The first-order chi connectivity index (χ1) is 8.17. The smallest absolute Gasteiger partial charge is 0.0970 e. The van der Waals surface area contributed by atoms with Crippen LogP contribution in [0.25, 0.3) is 0 Å². The average molecular weight is 347 g/mol. The summed E-state index contributed by atoms with van der Waals surface area (Å²) < 4.78 is 0.480. The van der Waals surface area contributed by atoms with Crippen LogP contribution in [0.3, 0.4) is 0 Å². The zero-order valence-electron chi connectivity index (χ0n) is 9.91. The maximum absolute atomic E-state index is 7.62. The monoisotopic (exact) mass is 347 g/mol. The van der Waals surface area contributed by atoms with Gasteiger partial charge in [0, 0.05) is 38.0 Å². The first kappa shape index (κ1) is 14.1. The van der Waals surface area contributed by atoms with Crippen LogP contribution < -0.4 is 11.2 Å². The van der Waals surface area contributed by atoms with Crippen molar-refractivity contribution in [3.05, 3.63) is 11.8 Å². The molecule has 94 valence electrons. The molecular formula is C11H18IN5. The topological polar surface area (TPSA) is 86.6 Å². The van der Waals surface area contributed by atoms with Crippen LogP contribution in [0.4, 0.5) is 0 Å². The molecule has 1 rings (SSSR count). The lowest BCUT2D eigenvalue weighted by molar-refractivity contribution is 0.852. The quantitative estimate of drug-likeness (QED) is 0.283. The van der Waals surface area contributed by atoms with Gasteiger partial charge in [-0.05, 0) is 41.4 Å². The summed E-state index contributed by atoms with van der Waals surface area (Å²) in [6, 6.07) is 0. The van der Waals surface area contributed by atoms with Crippen LogP contribution in [0.15, 0.2) is 21.9 Å². The Balaban J connectivity index is 2.51. The van der Waals surface area contributed by atoms with Gasteiger partial charge in [-0.1, -0.05) is 0 Å². The van der Waals surface area contributed by atoms with Crippen LogP contribution in [0.2, 0.25) is 0 Å². The van der Waals surface area contributed by atoms with Gasteiger partial charge in [0.25, 0.3) is 0 Å². The molecule has 0 atom stereocenters. The van der Waals surface area contributed by atoms with Crippen molar-refractivity contribution in [3.8, 4) is 0 Å². The SMILES string of the molecule is CN/C=C(/CC(C=NCC1CC1)=NN)C(=N)I. The molecule has 0 amide bonds. The van der Waals surface area contributed by atoms with Crippen LogP contribution in [0, 0.1) is 11.3 Å². The van der Waals surface area contributed by atoms with Crippen molar-refractivity contribution < 1.29 is 0 Å². The predicted octanol–water partition coefficient (Wildman–Crippen LogP) is 1.69. The number of hydrogen-bond donors (Lipinski definition) is 3. The summed E-state index contributed by atoms with van der Waals surface area (Å²) in [7, 11) is 1.81. The maximum atomic E-state index is 7.62. The Morgan fingerprint density at radius 3 is 2.76 bits per heavy atom. The van der Waals surface area contributed by atoms with Crippen molar-refractivity contribution in [2.45, 2.75) is 19.3 Å². The van der Waals surface area contributed by atoms with E-state index in [2.05, 4.69) is 15.4 Å². The van der Waals surface area contributed by atoms with Gasteiger partial charge < -0.3 is 11.2 Å². The standard InChI is InChI=1S/C11H18IN5/c1-15-6-9(11(12)13)4-10(17-14)7-16-5-8-2-3-8/h6-8,13,15H,2-5,14H2,1H3/b9-6-,13-11?,16-7?,17-10?. The Labute approximate surface area is 115 Å². The van der Waals surface area contributed by atoms with Crippen LogP contribution >= 0.6 is 22.6 Å². The zero-order valence-corrected chi connectivity index (χ0v) is 12.1. The van der Waals surface area contributed by atoms with E-state index in [1.54, 1.807) is 19.5 Å². The highest BCUT2D eigenvalue weighted by Crippen LogP contribution is 2.28. The second-order valence-corrected chi connectivity index (χ2v) is 5.09.